The number of rotatable bonds is 2. The number of hydrogen-bond donors (Lipinski definition) is 0. The summed E-state index contributed by atoms with van der Waals surface area (Å²) in [6.07, 6.45) is -4.61. The van der Waals surface area contributed by atoms with E-state index >= 15 is 0 Å². The maximum atomic E-state index is 12.9. The predicted molar refractivity (Wildman–Crippen MR) is 89.7 cm³/mol. The first-order valence-corrected chi connectivity index (χ1v) is 8.61. The molecule has 0 unspecified atom stereocenters. The molecule has 12 heteroatoms. The Morgan fingerprint density at radius 3 is 2.79 bits per heavy atom. The number of benzene rings is 1. The molecule has 4 rings (SSSR count). The lowest BCUT2D eigenvalue weighted by Crippen LogP contribution is -2.48. The number of halogens is 4. The Hall–Kier alpha value is -2.82. The minimum Gasteiger partial charge on any atom is -0.482 e. The van der Waals surface area contributed by atoms with Crippen LogP contribution in [0.3, 0.4) is 0 Å². The molecule has 0 radical (unpaired) electrons. The van der Waals surface area contributed by atoms with Crippen LogP contribution < -0.4 is 9.64 Å². The van der Waals surface area contributed by atoms with Crippen molar-refractivity contribution in [3.8, 4) is 5.75 Å². The van der Waals surface area contributed by atoms with Gasteiger partial charge in [-0.25, -0.2) is 0 Å². The summed E-state index contributed by atoms with van der Waals surface area (Å²) in [4.78, 5) is 27.5. The van der Waals surface area contributed by atoms with Crippen molar-refractivity contribution in [1.29, 1.82) is 0 Å². The van der Waals surface area contributed by atoms with Crippen molar-refractivity contribution in [1.82, 2.24) is 19.7 Å². The number of ether oxygens (including phenoxy) is 1. The molecule has 1 aromatic carbocycles. The van der Waals surface area contributed by atoms with Gasteiger partial charge in [0.25, 0.3) is 5.91 Å². The average Bonchev–Trinajstić information content (AvgIpc) is 3.07. The smallest absolute Gasteiger partial charge is 0.451 e. The van der Waals surface area contributed by atoms with Crippen LogP contribution in [0.5, 0.6) is 5.75 Å². The van der Waals surface area contributed by atoms with Crippen LogP contribution in [-0.4, -0.2) is 51.2 Å². The molecular weight excluding hydrogens is 403 g/mol. The Labute approximate surface area is 161 Å². The minimum atomic E-state index is -4.61. The van der Waals surface area contributed by atoms with E-state index in [0.29, 0.717) is 16.5 Å². The lowest BCUT2D eigenvalue weighted by Gasteiger charge is -2.33. The van der Waals surface area contributed by atoms with Gasteiger partial charge in [-0.1, -0.05) is 11.6 Å². The molecule has 2 amide bonds. The van der Waals surface area contributed by atoms with E-state index in [-0.39, 0.29) is 38.6 Å². The number of carbonyl (C=O) groups excluding carboxylic acids is 2. The normalized spacial score (nSPS) is 16.5. The Morgan fingerprint density at radius 2 is 2.04 bits per heavy atom. The van der Waals surface area contributed by atoms with E-state index in [1.807, 2.05) is 0 Å². The van der Waals surface area contributed by atoms with Gasteiger partial charge in [0.15, 0.2) is 12.4 Å². The Kier molecular flexibility index (Phi) is 4.41. The molecule has 0 atom stereocenters. The van der Waals surface area contributed by atoms with Gasteiger partial charge in [0.1, 0.15) is 12.3 Å². The second kappa shape index (κ2) is 6.66. The molecule has 0 saturated carbocycles. The molecule has 2 aromatic rings. The van der Waals surface area contributed by atoms with Crippen molar-refractivity contribution in [2.45, 2.75) is 19.3 Å². The van der Waals surface area contributed by atoms with Gasteiger partial charge in [0.05, 0.1) is 12.2 Å². The first-order chi connectivity index (χ1) is 13.2. The van der Waals surface area contributed by atoms with E-state index < -0.39 is 23.8 Å². The molecule has 0 fully saturated rings. The summed E-state index contributed by atoms with van der Waals surface area (Å²) >= 11 is 5.97. The van der Waals surface area contributed by atoms with Gasteiger partial charge in [-0.05, 0) is 18.2 Å². The number of amides is 2. The minimum absolute atomic E-state index is 0.0451. The van der Waals surface area contributed by atoms with Crippen LogP contribution in [0.25, 0.3) is 0 Å². The van der Waals surface area contributed by atoms with E-state index in [1.165, 1.54) is 15.9 Å². The highest BCUT2D eigenvalue weighted by Crippen LogP contribution is 2.34. The monoisotopic (exact) mass is 415 g/mol. The van der Waals surface area contributed by atoms with Gasteiger partial charge < -0.3 is 14.2 Å². The molecule has 148 valence electrons. The number of carbonyl (C=O) groups is 2. The zero-order valence-corrected chi connectivity index (χ0v) is 15.0. The lowest BCUT2D eigenvalue weighted by molar-refractivity contribution is -0.148. The van der Waals surface area contributed by atoms with E-state index in [9.17, 15) is 22.8 Å². The van der Waals surface area contributed by atoms with Gasteiger partial charge in [-0.15, -0.1) is 10.2 Å². The van der Waals surface area contributed by atoms with Crippen LogP contribution in [0, 0.1) is 0 Å². The largest absolute Gasteiger partial charge is 0.482 e. The van der Waals surface area contributed by atoms with Crippen molar-refractivity contribution in [2.24, 2.45) is 0 Å². The van der Waals surface area contributed by atoms with E-state index in [4.69, 9.17) is 16.3 Å². The van der Waals surface area contributed by atoms with Gasteiger partial charge in [0, 0.05) is 18.1 Å². The summed E-state index contributed by atoms with van der Waals surface area (Å²) < 4.78 is 45.0. The van der Waals surface area contributed by atoms with Crippen molar-refractivity contribution >= 4 is 29.1 Å². The highest BCUT2D eigenvalue weighted by molar-refractivity contribution is 6.31. The molecule has 0 spiro atoms. The summed E-state index contributed by atoms with van der Waals surface area (Å²) in [5.41, 5.74) is 0.372. The van der Waals surface area contributed by atoms with E-state index in [0.717, 1.165) is 4.57 Å². The summed E-state index contributed by atoms with van der Waals surface area (Å²) in [6.45, 7) is -0.653. The van der Waals surface area contributed by atoms with E-state index in [1.54, 1.807) is 12.1 Å². The Balaban J connectivity index is 1.52. The third kappa shape index (κ3) is 3.26. The quantitative estimate of drug-likeness (QED) is 0.746. The number of alkyl halides is 3. The molecule has 0 bridgehead atoms. The van der Waals surface area contributed by atoms with Crippen molar-refractivity contribution in [2.75, 3.05) is 24.6 Å². The third-order valence-electron chi connectivity index (χ3n) is 4.52. The Bertz CT molecular complexity index is 961. The molecule has 2 aliphatic rings. The van der Waals surface area contributed by atoms with Gasteiger partial charge >= 0.3 is 6.18 Å². The highest BCUT2D eigenvalue weighted by atomic mass is 35.5. The maximum absolute atomic E-state index is 12.9. The first-order valence-electron chi connectivity index (χ1n) is 8.24. The predicted octanol–water partition coefficient (Wildman–Crippen LogP) is 1.72. The molecule has 8 nitrogen and oxygen atoms in total. The van der Waals surface area contributed by atoms with Gasteiger partial charge in [-0.2, -0.15) is 13.2 Å². The Morgan fingerprint density at radius 1 is 1.25 bits per heavy atom. The van der Waals surface area contributed by atoms with E-state index in [2.05, 4.69) is 10.2 Å². The standard InChI is InChI=1S/C16H13ClF3N5O3/c17-9-1-2-11-10(5-9)25(14(27)8-28-11)7-13(26)23-3-4-24-12(6-23)21-22-15(24)16(18,19)20/h1-2,5H,3-4,6-8H2. The zero-order valence-electron chi connectivity index (χ0n) is 14.2. The second-order valence-electron chi connectivity index (χ2n) is 6.29. The van der Waals surface area contributed by atoms with Crippen LogP contribution in [0.1, 0.15) is 11.6 Å². The lowest BCUT2D eigenvalue weighted by atomic mass is 10.2. The van der Waals surface area contributed by atoms with Crippen molar-refractivity contribution in [3.05, 3.63) is 34.9 Å². The summed E-state index contributed by atoms with van der Waals surface area (Å²) in [5, 5.41) is 7.11. The van der Waals surface area contributed by atoms with Crippen molar-refractivity contribution in [3.63, 3.8) is 0 Å². The number of anilines is 1. The van der Waals surface area contributed by atoms with Crippen LogP contribution in [0.4, 0.5) is 18.9 Å². The zero-order chi connectivity index (χ0) is 20.1. The first kappa shape index (κ1) is 18.5. The number of hydrogen-bond acceptors (Lipinski definition) is 5. The summed E-state index contributed by atoms with van der Waals surface area (Å²) in [5.74, 6) is -1.46. The fraction of sp³-hybridized carbons (Fsp3) is 0.375. The summed E-state index contributed by atoms with van der Waals surface area (Å²) in [6, 6.07) is 4.72. The topological polar surface area (TPSA) is 80.6 Å². The highest BCUT2D eigenvalue weighted by Gasteiger charge is 2.40. The number of aromatic nitrogens is 3. The molecule has 2 aliphatic heterocycles. The van der Waals surface area contributed by atoms with Gasteiger partial charge in [0.2, 0.25) is 11.7 Å². The maximum Gasteiger partial charge on any atom is 0.451 e. The van der Waals surface area contributed by atoms with Crippen LogP contribution in [-0.2, 0) is 28.9 Å². The van der Waals surface area contributed by atoms with Crippen molar-refractivity contribution < 1.29 is 27.5 Å². The number of nitrogens with zero attached hydrogens (tertiary/aromatic N) is 5. The van der Waals surface area contributed by atoms with Gasteiger partial charge in [-0.3, -0.25) is 14.5 Å². The molecule has 1 aromatic heterocycles. The fourth-order valence-corrected chi connectivity index (χ4v) is 3.33. The number of fused-ring (bicyclic) bond motifs is 2. The molecule has 28 heavy (non-hydrogen) atoms. The molecule has 0 saturated heterocycles. The third-order valence-corrected chi connectivity index (χ3v) is 4.75. The second-order valence-corrected chi connectivity index (χ2v) is 6.72. The average molecular weight is 416 g/mol. The summed E-state index contributed by atoms with van der Waals surface area (Å²) in [7, 11) is 0. The van der Waals surface area contributed by atoms with Crippen LogP contribution >= 0.6 is 11.6 Å². The molecule has 0 N–H and O–H groups in total. The van der Waals surface area contributed by atoms with Crippen LogP contribution in [0.15, 0.2) is 18.2 Å². The fourth-order valence-electron chi connectivity index (χ4n) is 3.16. The molecule has 0 aliphatic carbocycles. The molecule has 3 heterocycles. The SMILES string of the molecule is O=C(CN1C(=O)COc2ccc(Cl)cc21)N1CCn2c(nnc2C(F)(F)F)C1. The molecular formula is C16H13ClF3N5O3. The van der Waals surface area contributed by atoms with Crippen LogP contribution in [0.2, 0.25) is 5.02 Å².